The molecule has 3 rings (SSSR count). The van der Waals surface area contributed by atoms with Gasteiger partial charge in [0.05, 0.1) is 6.33 Å². The average Bonchev–Trinajstić information content (AvgIpc) is 2.96. The van der Waals surface area contributed by atoms with Gasteiger partial charge < -0.3 is 9.88 Å². The summed E-state index contributed by atoms with van der Waals surface area (Å²) in [6.45, 7) is 1.83. The van der Waals surface area contributed by atoms with Gasteiger partial charge in [-0.25, -0.2) is 9.78 Å². The van der Waals surface area contributed by atoms with Gasteiger partial charge >= 0.3 is 5.69 Å². The predicted octanol–water partition coefficient (Wildman–Crippen LogP) is 0.381. The highest BCUT2D eigenvalue weighted by atomic mass is 16.2. The van der Waals surface area contributed by atoms with E-state index in [1.54, 1.807) is 0 Å². The first-order chi connectivity index (χ1) is 11.4. The number of carbonyl (C=O) groups excluding carboxylic acids is 1. The van der Waals surface area contributed by atoms with Gasteiger partial charge in [0.1, 0.15) is 6.54 Å². The maximum absolute atomic E-state index is 12.3. The summed E-state index contributed by atoms with van der Waals surface area (Å²) >= 11 is 0. The van der Waals surface area contributed by atoms with E-state index in [2.05, 4.69) is 10.3 Å². The number of anilines is 1. The summed E-state index contributed by atoms with van der Waals surface area (Å²) in [6, 6.07) is 7.43. The number of fused-ring (bicyclic) bond motifs is 1. The summed E-state index contributed by atoms with van der Waals surface area (Å²) in [5.41, 5.74) is 1.20. The van der Waals surface area contributed by atoms with Crippen molar-refractivity contribution >= 4 is 22.8 Å². The van der Waals surface area contributed by atoms with Crippen molar-refractivity contribution in [3.63, 3.8) is 0 Å². The summed E-state index contributed by atoms with van der Waals surface area (Å²) in [5, 5.41) is 2.81. The summed E-state index contributed by atoms with van der Waals surface area (Å²) in [4.78, 5) is 40.6. The molecule has 0 radical (unpaired) electrons. The fourth-order valence-electron chi connectivity index (χ4n) is 2.57. The van der Waals surface area contributed by atoms with Gasteiger partial charge in [-0.2, -0.15) is 0 Å². The monoisotopic (exact) mass is 327 g/mol. The number of nitrogens with zero attached hydrogens (tertiary/aromatic N) is 4. The van der Waals surface area contributed by atoms with Crippen molar-refractivity contribution < 1.29 is 4.79 Å². The SMILES string of the molecule is Cc1ccccc1NC(=O)Cn1cnc2c1c(=O)n(C)c(=O)n2C. The minimum absolute atomic E-state index is 0.0712. The van der Waals surface area contributed by atoms with E-state index < -0.39 is 11.2 Å². The van der Waals surface area contributed by atoms with Crippen LogP contribution < -0.4 is 16.6 Å². The van der Waals surface area contributed by atoms with E-state index >= 15 is 0 Å². The molecular weight excluding hydrogens is 310 g/mol. The molecule has 0 saturated heterocycles. The number of para-hydroxylation sites is 1. The van der Waals surface area contributed by atoms with E-state index in [1.165, 1.54) is 29.6 Å². The van der Waals surface area contributed by atoms with Gasteiger partial charge in [-0.1, -0.05) is 18.2 Å². The smallest absolute Gasteiger partial charge is 0.324 e. The van der Waals surface area contributed by atoms with Crippen molar-refractivity contribution in [2.24, 2.45) is 14.1 Å². The van der Waals surface area contributed by atoms with Gasteiger partial charge in [0.2, 0.25) is 5.91 Å². The molecule has 8 heteroatoms. The summed E-state index contributed by atoms with van der Waals surface area (Å²) < 4.78 is 3.73. The van der Waals surface area contributed by atoms with Crippen LogP contribution in [0.5, 0.6) is 0 Å². The van der Waals surface area contributed by atoms with Crippen molar-refractivity contribution in [2.75, 3.05) is 5.32 Å². The third kappa shape index (κ3) is 2.51. The number of aryl methyl sites for hydroxylation is 2. The average molecular weight is 327 g/mol. The molecule has 24 heavy (non-hydrogen) atoms. The van der Waals surface area contributed by atoms with Crippen molar-refractivity contribution in [2.45, 2.75) is 13.5 Å². The van der Waals surface area contributed by atoms with Gasteiger partial charge in [-0.15, -0.1) is 0 Å². The molecule has 0 aliphatic rings. The molecule has 0 saturated carbocycles. The molecule has 0 aliphatic carbocycles. The van der Waals surface area contributed by atoms with Crippen molar-refractivity contribution in [1.82, 2.24) is 18.7 Å². The lowest BCUT2D eigenvalue weighted by molar-refractivity contribution is -0.116. The molecule has 0 unspecified atom stereocenters. The third-order valence-corrected chi connectivity index (χ3v) is 3.95. The Kier molecular flexibility index (Phi) is 3.80. The van der Waals surface area contributed by atoms with Crippen LogP contribution in [-0.4, -0.2) is 24.6 Å². The predicted molar refractivity (Wildman–Crippen MR) is 90.0 cm³/mol. The van der Waals surface area contributed by atoms with E-state index in [4.69, 9.17) is 0 Å². The largest absolute Gasteiger partial charge is 0.332 e. The zero-order chi connectivity index (χ0) is 17.4. The number of benzene rings is 1. The topological polar surface area (TPSA) is 90.9 Å². The first-order valence-electron chi connectivity index (χ1n) is 7.36. The first-order valence-corrected chi connectivity index (χ1v) is 7.36. The van der Waals surface area contributed by atoms with Crippen molar-refractivity contribution in [3.8, 4) is 0 Å². The second-order valence-corrected chi connectivity index (χ2v) is 5.61. The number of imidazole rings is 1. The number of aromatic nitrogens is 4. The fraction of sp³-hybridized carbons (Fsp3) is 0.250. The molecule has 1 amide bonds. The highest BCUT2D eigenvalue weighted by Crippen LogP contribution is 2.13. The van der Waals surface area contributed by atoms with Gasteiger partial charge in [0.15, 0.2) is 11.2 Å². The van der Waals surface area contributed by atoms with Gasteiger partial charge in [0, 0.05) is 19.8 Å². The normalized spacial score (nSPS) is 11.0. The van der Waals surface area contributed by atoms with E-state index in [0.29, 0.717) is 5.69 Å². The molecule has 0 fully saturated rings. The van der Waals surface area contributed by atoms with E-state index in [1.807, 2.05) is 31.2 Å². The molecule has 0 bridgehead atoms. The third-order valence-electron chi connectivity index (χ3n) is 3.95. The Morgan fingerprint density at radius 3 is 2.58 bits per heavy atom. The second kappa shape index (κ2) is 5.80. The van der Waals surface area contributed by atoms with Gasteiger partial charge in [-0.05, 0) is 18.6 Å². The number of nitrogens with one attached hydrogen (secondary N) is 1. The van der Waals surface area contributed by atoms with Crippen LogP contribution in [0.4, 0.5) is 5.69 Å². The number of hydrogen-bond donors (Lipinski definition) is 1. The Morgan fingerprint density at radius 1 is 1.17 bits per heavy atom. The van der Waals surface area contributed by atoms with Crippen LogP contribution in [0.2, 0.25) is 0 Å². The molecule has 2 heterocycles. The Balaban J connectivity index is 1.97. The Bertz CT molecular complexity index is 1060. The minimum atomic E-state index is -0.478. The maximum Gasteiger partial charge on any atom is 0.332 e. The molecule has 1 aromatic carbocycles. The molecule has 0 spiro atoms. The van der Waals surface area contributed by atoms with Crippen LogP contribution >= 0.6 is 0 Å². The summed E-state index contributed by atoms with van der Waals surface area (Å²) in [5.74, 6) is -0.278. The Hall–Kier alpha value is -3.16. The molecule has 2 aromatic heterocycles. The molecule has 124 valence electrons. The van der Waals surface area contributed by atoms with Crippen LogP contribution in [0.1, 0.15) is 5.56 Å². The van der Waals surface area contributed by atoms with Crippen LogP contribution in [0.15, 0.2) is 40.2 Å². The lowest BCUT2D eigenvalue weighted by Crippen LogP contribution is -2.37. The van der Waals surface area contributed by atoms with E-state index in [0.717, 1.165) is 10.1 Å². The Morgan fingerprint density at radius 2 is 1.88 bits per heavy atom. The Labute approximate surface area is 137 Å². The van der Waals surface area contributed by atoms with Crippen LogP contribution in [0.25, 0.3) is 11.2 Å². The molecule has 1 N–H and O–H groups in total. The number of carbonyl (C=O) groups is 1. The first kappa shape index (κ1) is 15.7. The summed E-state index contributed by atoms with van der Waals surface area (Å²) in [7, 11) is 2.93. The van der Waals surface area contributed by atoms with Crippen molar-refractivity contribution in [3.05, 3.63) is 57.0 Å². The quantitative estimate of drug-likeness (QED) is 0.753. The van der Waals surface area contributed by atoms with Crippen molar-refractivity contribution in [1.29, 1.82) is 0 Å². The zero-order valence-electron chi connectivity index (χ0n) is 13.6. The van der Waals surface area contributed by atoms with E-state index in [9.17, 15) is 14.4 Å². The molecule has 8 nitrogen and oxygen atoms in total. The number of amides is 1. The lowest BCUT2D eigenvalue weighted by atomic mass is 10.2. The zero-order valence-corrected chi connectivity index (χ0v) is 13.6. The minimum Gasteiger partial charge on any atom is -0.324 e. The van der Waals surface area contributed by atoms with E-state index in [-0.39, 0.29) is 23.6 Å². The fourth-order valence-corrected chi connectivity index (χ4v) is 2.57. The molecular formula is C16H17N5O3. The number of hydrogen-bond acceptors (Lipinski definition) is 4. The highest BCUT2D eigenvalue weighted by Gasteiger charge is 2.16. The second-order valence-electron chi connectivity index (χ2n) is 5.61. The maximum atomic E-state index is 12.3. The molecule has 0 atom stereocenters. The van der Waals surface area contributed by atoms with Crippen LogP contribution in [-0.2, 0) is 25.4 Å². The van der Waals surface area contributed by atoms with Gasteiger partial charge in [-0.3, -0.25) is 18.7 Å². The van der Waals surface area contributed by atoms with Crippen LogP contribution in [0.3, 0.4) is 0 Å². The highest BCUT2D eigenvalue weighted by molar-refractivity contribution is 5.92. The molecule has 3 aromatic rings. The molecule has 0 aliphatic heterocycles. The standard InChI is InChI=1S/C16H17N5O3/c1-10-6-4-5-7-11(10)18-12(22)8-21-9-17-14-13(21)15(23)20(3)16(24)19(14)2/h4-7,9H,8H2,1-3H3,(H,18,22). The van der Waals surface area contributed by atoms with Gasteiger partial charge in [0.25, 0.3) is 5.56 Å². The summed E-state index contributed by atoms with van der Waals surface area (Å²) in [6.07, 6.45) is 1.39. The van der Waals surface area contributed by atoms with Crippen LogP contribution in [0, 0.1) is 6.92 Å². The lowest BCUT2D eigenvalue weighted by Gasteiger charge is -2.09. The number of rotatable bonds is 3.